The standard InChI is InChI=1S/C11H8NO2.C5H5.Fe/c13-12(14)11-7-5-10(6-8-11)9-3-1-2-4-9;1-2-4-5-3-1;/h1,3,5-8H,2H2;1-3H,4H2;. The first-order valence-corrected chi connectivity index (χ1v) is 7.47. The van der Waals surface area contributed by atoms with E-state index < -0.39 is 0 Å². The van der Waals surface area contributed by atoms with Crippen LogP contribution in [-0.4, -0.2) is 4.92 Å². The van der Waals surface area contributed by atoms with Crippen molar-refractivity contribution >= 4 is 11.3 Å². The van der Waals surface area contributed by atoms with Gasteiger partial charge in [0.25, 0.3) is 0 Å². The van der Waals surface area contributed by atoms with Gasteiger partial charge in [-0.2, -0.15) is 0 Å². The van der Waals surface area contributed by atoms with E-state index in [9.17, 15) is 10.1 Å². The molecule has 4 heteroatoms. The molecule has 0 N–H and O–H groups in total. The van der Waals surface area contributed by atoms with E-state index in [-0.39, 0.29) is 10.6 Å². The normalized spacial score (nSPS) is 17.1. The van der Waals surface area contributed by atoms with Crippen LogP contribution in [0.1, 0.15) is 18.4 Å². The molecule has 0 heterocycles. The molecule has 0 saturated heterocycles. The fourth-order valence-electron chi connectivity index (χ4n) is 2.19. The van der Waals surface area contributed by atoms with E-state index in [4.69, 9.17) is 0 Å². The molecule has 0 atom stereocenters. The summed E-state index contributed by atoms with van der Waals surface area (Å²) >= 11 is 0.992. The predicted octanol–water partition coefficient (Wildman–Crippen LogP) is 4.19. The Morgan fingerprint density at radius 1 is 1.10 bits per heavy atom. The molecule has 2 aliphatic carbocycles. The van der Waals surface area contributed by atoms with E-state index in [1.54, 1.807) is 12.1 Å². The third kappa shape index (κ3) is 2.67. The van der Waals surface area contributed by atoms with Crippen molar-refractivity contribution in [3.05, 3.63) is 79.3 Å². The number of hydrogen-bond donors (Lipinski definition) is 0. The zero-order valence-corrected chi connectivity index (χ0v) is 11.8. The number of rotatable bonds is 4. The molecule has 20 heavy (non-hydrogen) atoms. The van der Waals surface area contributed by atoms with Crippen LogP contribution in [0.25, 0.3) is 5.57 Å². The molecule has 0 amide bonds. The topological polar surface area (TPSA) is 43.1 Å². The van der Waals surface area contributed by atoms with Crippen molar-refractivity contribution in [3.8, 4) is 0 Å². The first-order chi connectivity index (χ1) is 9.74. The monoisotopic (exact) mass is 307 g/mol. The van der Waals surface area contributed by atoms with Gasteiger partial charge in [0.15, 0.2) is 0 Å². The Bertz CT molecular complexity index is 666. The van der Waals surface area contributed by atoms with Gasteiger partial charge in [-0.1, -0.05) is 0 Å². The van der Waals surface area contributed by atoms with Gasteiger partial charge in [0.05, 0.1) is 0 Å². The Kier molecular flexibility index (Phi) is 3.68. The second-order valence-corrected chi connectivity index (χ2v) is 6.18. The molecule has 0 fully saturated rings. The molecular formula is C16H13FeNO2. The molecule has 0 spiro atoms. The summed E-state index contributed by atoms with van der Waals surface area (Å²) < 4.78 is 2.83. The van der Waals surface area contributed by atoms with E-state index in [0.717, 1.165) is 33.4 Å². The van der Waals surface area contributed by atoms with E-state index in [0.29, 0.717) is 0 Å². The third-order valence-corrected chi connectivity index (χ3v) is 4.81. The van der Waals surface area contributed by atoms with Gasteiger partial charge in [0.2, 0.25) is 0 Å². The summed E-state index contributed by atoms with van der Waals surface area (Å²) in [5.41, 5.74) is 2.42. The number of allylic oxidation sites excluding steroid dienone is 8. The average molecular weight is 307 g/mol. The van der Waals surface area contributed by atoms with Gasteiger partial charge in [0, 0.05) is 0 Å². The van der Waals surface area contributed by atoms with Crippen LogP contribution in [0.2, 0.25) is 0 Å². The predicted molar refractivity (Wildman–Crippen MR) is 75.6 cm³/mol. The Balaban J connectivity index is 1.86. The van der Waals surface area contributed by atoms with Gasteiger partial charge in [-0.25, -0.2) is 0 Å². The third-order valence-electron chi connectivity index (χ3n) is 3.19. The van der Waals surface area contributed by atoms with E-state index in [2.05, 4.69) is 30.4 Å². The van der Waals surface area contributed by atoms with Crippen LogP contribution in [-0.2, 0) is 15.0 Å². The fraction of sp³-hybridized carbons (Fsp3) is 0.125. The minimum absolute atomic E-state index is 0.139. The van der Waals surface area contributed by atoms with Crippen LogP contribution in [0, 0.1) is 10.1 Å². The van der Waals surface area contributed by atoms with Gasteiger partial charge in [0.1, 0.15) is 0 Å². The maximum absolute atomic E-state index is 10.7. The molecule has 0 aromatic heterocycles. The van der Waals surface area contributed by atoms with E-state index in [1.165, 1.54) is 14.5 Å². The van der Waals surface area contributed by atoms with Crippen LogP contribution >= 0.6 is 0 Å². The number of nitro groups is 1. The number of non-ortho nitro benzene ring substituents is 1. The summed E-state index contributed by atoms with van der Waals surface area (Å²) in [4.78, 5) is 10.3. The summed E-state index contributed by atoms with van der Waals surface area (Å²) in [6.45, 7) is 0. The molecule has 0 bridgehead atoms. The summed E-state index contributed by atoms with van der Waals surface area (Å²) in [6.07, 6.45) is 12.8. The van der Waals surface area contributed by atoms with Crippen LogP contribution < -0.4 is 0 Å². The SMILES string of the molecule is O=[N+]([O-])c1ccc(C2=[C]([Fe][C]3=CC=CC3)CC=C2)cc1. The van der Waals surface area contributed by atoms with Gasteiger partial charge < -0.3 is 0 Å². The molecule has 0 saturated carbocycles. The average Bonchev–Trinajstić information content (AvgIpc) is 3.11. The van der Waals surface area contributed by atoms with Crippen molar-refractivity contribution in [1.82, 2.24) is 0 Å². The maximum atomic E-state index is 10.7. The fourth-order valence-corrected chi connectivity index (χ4v) is 3.70. The molecule has 2 aliphatic rings. The van der Waals surface area contributed by atoms with Crippen molar-refractivity contribution in [3.63, 3.8) is 0 Å². The number of nitro benzene ring substituents is 1. The zero-order valence-electron chi connectivity index (χ0n) is 10.7. The molecule has 102 valence electrons. The molecular weight excluding hydrogens is 294 g/mol. The van der Waals surface area contributed by atoms with Crippen molar-refractivity contribution in [2.24, 2.45) is 0 Å². The quantitative estimate of drug-likeness (QED) is 0.475. The number of nitrogens with zero attached hydrogens (tertiary/aromatic N) is 1. The second kappa shape index (κ2) is 5.61. The Labute approximate surface area is 123 Å². The Hall–Kier alpha value is -1.90. The van der Waals surface area contributed by atoms with Crippen LogP contribution in [0.4, 0.5) is 5.69 Å². The first-order valence-electron chi connectivity index (χ1n) is 6.36. The van der Waals surface area contributed by atoms with Crippen LogP contribution in [0.15, 0.2) is 63.6 Å². The van der Waals surface area contributed by atoms with Crippen LogP contribution in [0.3, 0.4) is 0 Å². The van der Waals surface area contributed by atoms with Gasteiger partial charge >= 0.3 is 123 Å². The number of hydrogen-bond acceptors (Lipinski definition) is 2. The van der Waals surface area contributed by atoms with Crippen molar-refractivity contribution < 1.29 is 19.9 Å². The van der Waals surface area contributed by atoms with Gasteiger partial charge in [-0.15, -0.1) is 0 Å². The van der Waals surface area contributed by atoms with Gasteiger partial charge in [-0.3, -0.25) is 0 Å². The minimum atomic E-state index is -0.363. The molecule has 1 aromatic rings. The summed E-state index contributed by atoms with van der Waals surface area (Å²) in [5, 5.41) is 10.7. The molecule has 0 unspecified atom stereocenters. The van der Waals surface area contributed by atoms with E-state index >= 15 is 0 Å². The summed E-state index contributed by atoms with van der Waals surface area (Å²) in [7, 11) is 0. The Morgan fingerprint density at radius 2 is 1.90 bits per heavy atom. The molecule has 3 nitrogen and oxygen atoms in total. The number of benzene rings is 1. The summed E-state index contributed by atoms with van der Waals surface area (Å²) in [5.74, 6) is 0. The van der Waals surface area contributed by atoms with Gasteiger partial charge in [-0.05, 0) is 0 Å². The molecule has 1 aromatic carbocycles. The van der Waals surface area contributed by atoms with Crippen LogP contribution in [0.5, 0.6) is 0 Å². The van der Waals surface area contributed by atoms with E-state index in [1.807, 2.05) is 12.1 Å². The van der Waals surface area contributed by atoms with Crippen molar-refractivity contribution in [2.75, 3.05) is 0 Å². The zero-order chi connectivity index (χ0) is 13.9. The first kappa shape index (κ1) is 13.1. The second-order valence-electron chi connectivity index (χ2n) is 4.53. The Morgan fingerprint density at radius 3 is 2.55 bits per heavy atom. The summed E-state index contributed by atoms with van der Waals surface area (Å²) in [6, 6.07) is 6.82. The van der Waals surface area contributed by atoms with Crippen molar-refractivity contribution in [1.29, 1.82) is 0 Å². The van der Waals surface area contributed by atoms with Crippen molar-refractivity contribution in [2.45, 2.75) is 12.8 Å². The molecule has 0 aliphatic heterocycles. The molecule has 0 radical (unpaired) electrons. The molecule has 3 rings (SSSR count).